The average molecular weight is 352 g/mol. The van der Waals surface area contributed by atoms with Crippen molar-refractivity contribution in [2.75, 3.05) is 13.1 Å². The average Bonchev–Trinajstić information content (AvgIpc) is 3.06. The van der Waals surface area contributed by atoms with Crippen LogP contribution in [0.1, 0.15) is 23.2 Å². The first-order valence-electron chi connectivity index (χ1n) is 7.44. The Bertz CT molecular complexity index is 710. The highest BCUT2D eigenvalue weighted by atomic mass is 35.5. The highest BCUT2D eigenvalue weighted by Crippen LogP contribution is 2.15. The van der Waals surface area contributed by atoms with Crippen LogP contribution in [0.25, 0.3) is 5.69 Å². The summed E-state index contributed by atoms with van der Waals surface area (Å²) in [5.74, 6) is -0.160. The second kappa shape index (κ2) is 7.89. The molecule has 1 fully saturated rings. The van der Waals surface area contributed by atoms with E-state index in [4.69, 9.17) is 0 Å². The van der Waals surface area contributed by atoms with Crippen LogP contribution in [0.4, 0.5) is 5.69 Å². The molecule has 1 atom stereocenters. The standard InChI is InChI=1S/C15H17N5O3.ClH/c21-15(18-12-2-1-7-16-9-12)11-8-17-19(10-11)13-3-5-14(6-4-13)20(22)23;/h3-6,8,10,12,16H,1-2,7,9H2,(H,18,21);1H. The maximum Gasteiger partial charge on any atom is 0.269 e. The van der Waals surface area contributed by atoms with Crippen molar-refractivity contribution in [2.45, 2.75) is 18.9 Å². The number of hydrogen-bond acceptors (Lipinski definition) is 5. The van der Waals surface area contributed by atoms with Gasteiger partial charge in [-0.3, -0.25) is 14.9 Å². The van der Waals surface area contributed by atoms with Crippen LogP contribution in [-0.2, 0) is 0 Å². The van der Waals surface area contributed by atoms with Gasteiger partial charge in [-0.1, -0.05) is 0 Å². The van der Waals surface area contributed by atoms with E-state index in [0.29, 0.717) is 11.3 Å². The van der Waals surface area contributed by atoms with Crippen molar-refractivity contribution < 1.29 is 9.72 Å². The van der Waals surface area contributed by atoms with Gasteiger partial charge in [-0.2, -0.15) is 5.10 Å². The Balaban J connectivity index is 0.00000208. The highest BCUT2D eigenvalue weighted by Gasteiger charge is 2.17. The normalized spacial score (nSPS) is 16.9. The molecule has 0 saturated carbocycles. The minimum absolute atomic E-state index is 0. The molecule has 0 bridgehead atoms. The van der Waals surface area contributed by atoms with Gasteiger partial charge in [0.25, 0.3) is 11.6 Å². The summed E-state index contributed by atoms with van der Waals surface area (Å²) in [6, 6.07) is 6.14. The summed E-state index contributed by atoms with van der Waals surface area (Å²) in [5.41, 5.74) is 1.14. The van der Waals surface area contributed by atoms with Crippen LogP contribution in [0, 0.1) is 10.1 Å². The Labute approximate surface area is 144 Å². The molecule has 2 aromatic rings. The Kier molecular flexibility index (Phi) is 5.88. The number of nitro groups is 1. The lowest BCUT2D eigenvalue weighted by molar-refractivity contribution is -0.384. The molecule has 1 aromatic heterocycles. The van der Waals surface area contributed by atoms with Crippen LogP contribution in [0.3, 0.4) is 0 Å². The number of nitrogens with one attached hydrogen (secondary N) is 2. The molecule has 8 nitrogen and oxygen atoms in total. The summed E-state index contributed by atoms with van der Waals surface area (Å²) in [6.45, 7) is 1.77. The first-order chi connectivity index (χ1) is 11.1. The number of amides is 1. The summed E-state index contributed by atoms with van der Waals surface area (Å²) in [6.07, 6.45) is 5.13. The third-order valence-electron chi connectivity index (χ3n) is 3.80. The summed E-state index contributed by atoms with van der Waals surface area (Å²) < 4.78 is 1.53. The summed E-state index contributed by atoms with van der Waals surface area (Å²) >= 11 is 0. The van der Waals surface area contributed by atoms with Gasteiger partial charge in [-0.05, 0) is 31.5 Å². The Morgan fingerprint density at radius 2 is 2.12 bits per heavy atom. The van der Waals surface area contributed by atoms with E-state index in [2.05, 4.69) is 15.7 Å². The molecule has 1 aliphatic heterocycles. The summed E-state index contributed by atoms with van der Waals surface area (Å²) in [5, 5.41) is 21.0. The van der Waals surface area contributed by atoms with Gasteiger partial charge in [0.15, 0.2) is 0 Å². The number of piperidine rings is 1. The molecule has 1 amide bonds. The second-order valence-electron chi connectivity index (χ2n) is 5.46. The van der Waals surface area contributed by atoms with Gasteiger partial charge in [0.05, 0.1) is 22.4 Å². The fourth-order valence-electron chi connectivity index (χ4n) is 2.55. The Morgan fingerprint density at radius 1 is 1.38 bits per heavy atom. The monoisotopic (exact) mass is 351 g/mol. The molecule has 1 aliphatic rings. The van der Waals surface area contributed by atoms with Gasteiger partial charge >= 0.3 is 0 Å². The van der Waals surface area contributed by atoms with Gasteiger partial charge < -0.3 is 10.6 Å². The number of non-ortho nitro benzene ring substituents is 1. The largest absolute Gasteiger partial charge is 0.348 e. The van der Waals surface area contributed by atoms with Gasteiger partial charge in [-0.25, -0.2) is 4.68 Å². The Hall–Kier alpha value is -2.45. The third-order valence-corrected chi connectivity index (χ3v) is 3.80. The topological polar surface area (TPSA) is 102 Å². The van der Waals surface area contributed by atoms with Crippen LogP contribution >= 0.6 is 12.4 Å². The molecule has 3 rings (SSSR count). The predicted octanol–water partition coefficient (Wildman–Crippen LogP) is 1.68. The zero-order valence-corrected chi connectivity index (χ0v) is 13.7. The Morgan fingerprint density at radius 3 is 2.75 bits per heavy atom. The number of hydrogen-bond donors (Lipinski definition) is 2. The van der Waals surface area contributed by atoms with Gasteiger partial charge in [0.2, 0.25) is 0 Å². The molecular formula is C15H18ClN5O3. The molecule has 0 radical (unpaired) electrons. The van der Waals surface area contributed by atoms with Crippen molar-refractivity contribution in [1.29, 1.82) is 0 Å². The van der Waals surface area contributed by atoms with Crippen molar-refractivity contribution in [3.8, 4) is 5.69 Å². The van der Waals surface area contributed by atoms with Crippen LogP contribution in [0.15, 0.2) is 36.7 Å². The summed E-state index contributed by atoms with van der Waals surface area (Å²) in [7, 11) is 0. The lowest BCUT2D eigenvalue weighted by Gasteiger charge is -2.23. The number of rotatable bonds is 4. The molecular weight excluding hydrogens is 334 g/mol. The maximum atomic E-state index is 12.2. The van der Waals surface area contributed by atoms with Gasteiger partial charge in [0.1, 0.15) is 0 Å². The molecule has 2 N–H and O–H groups in total. The molecule has 24 heavy (non-hydrogen) atoms. The van der Waals surface area contributed by atoms with E-state index in [-0.39, 0.29) is 30.0 Å². The second-order valence-corrected chi connectivity index (χ2v) is 5.46. The lowest BCUT2D eigenvalue weighted by atomic mass is 10.1. The zero-order valence-electron chi connectivity index (χ0n) is 12.8. The molecule has 0 aliphatic carbocycles. The zero-order chi connectivity index (χ0) is 16.2. The fourth-order valence-corrected chi connectivity index (χ4v) is 2.55. The number of halogens is 1. The van der Waals surface area contributed by atoms with Gasteiger partial charge in [0, 0.05) is 30.9 Å². The number of carbonyl (C=O) groups is 1. The molecule has 1 unspecified atom stereocenters. The third kappa shape index (κ3) is 4.09. The van der Waals surface area contributed by atoms with E-state index >= 15 is 0 Å². The number of nitro benzene ring substituents is 1. The van der Waals surface area contributed by atoms with Gasteiger partial charge in [-0.15, -0.1) is 12.4 Å². The highest BCUT2D eigenvalue weighted by molar-refractivity contribution is 5.94. The van der Waals surface area contributed by atoms with Crippen molar-refractivity contribution in [1.82, 2.24) is 20.4 Å². The fraction of sp³-hybridized carbons (Fsp3) is 0.333. The van der Waals surface area contributed by atoms with Crippen molar-refractivity contribution in [3.63, 3.8) is 0 Å². The van der Waals surface area contributed by atoms with Crippen LogP contribution in [0.5, 0.6) is 0 Å². The maximum absolute atomic E-state index is 12.2. The van der Waals surface area contributed by atoms with Crippen LogP contribution < -0.4 is 10.6 Å². The van der Waals surface area contributed by atoms with E-state index in [0.717, 1.165) is 25.9 Å². The minimum Gasteiger partial charge on any atom is -0.348 e. The quantitative estimate of drug-likeness (QED) is 0.644. The van der Waals surface area contributed by atoms with Crippen molar-refractivity contribution in [2.24, 2.45) is 0 Å². The first kappa shape index (κ1) is 17.9. The van der Waals surface area contributed by atoms with E-state index in [1.165, 1.54) is 23.0 Å². The van der Waals surface area contributed by atoms with E-state index in [9.17, 15) is 14.9 Å². The molecule has 1 saturated heterocycles. The summed E-state index contributed by atoms with van der Waals surface area (Å²) in [4.78, 5) is 22.4. The van der Waals surface area contributed by atoms with Crippen molar-refractivity contribution in [3.05, 3.63) is 52.3 Å². The minimum atomic E-state index is -0.454. The number of aromatic nitrogens is 2. The predicted molar refractivity (Wildman–Crippen MR) is 90.8 cm³/mol. The molecule has 2 heterocycles. The van der Waals surface area contributed by atoms with E-state index in [1.807, 2.05) is 0 Å². The molecule has 9 heteroatoms. The van der Waals surface area contributed by atoms with E-state index in [1.54, 1.807) is 18.3 Å². The first-order valence-corrected chi connectivity index (χ1v) is 7.44. The number of benzene rings is 1. The lowest BCUT2D eigenvalue weighted by Crippen LogP contribution is -2.45. The van der Waals surface area contributed by atoms with Crippen molar-refractivity contribution >= 4 is 24.0 Å². The smallest absolute Gasteiger partial charge is 0.269 e. The van der Waals surface area contributed by atoms with Crippen LogP contribution in [0.2, 0.25) is 0 Å². The molecule has 0 spiro atoms. The molecule has 128 valence electrons. The number of nitrogens with zero attached hydrogens (tertiary/aromatic N) is 3. The van der Waals surface area contributed by atoms with E-state index < -0.39 is 4.92 Å². The SMILES string of the molecule is Cl.O=C(NC1CCCNC1)c1cnn(-c2ccc([N+](=O)[O-])cc2)c1. The van der Waals surface area contributed by atoms with Crippen LogP contribution in [-0.4, -0.2) is 39.7 Å². The number of carbonyl (C=O) groups excluding carboxylic acids is 1. The molecule has 1 aromatic carbocycles.